The Kier molecular flexibility index (Phi) is 4.91. The van der Waals surface area contributed by atoms with E-state index < -0.39 is 18.4 Å². The van der Waals surface area contributed by atoms with Gasteiger partial charge in [0.15, 0.2) is 17.0 Å². The zero-order valence-corrected chi connectivity index (χ0v) is 17.0. The molecule has 3 aromatic heterocycles. The van der Waals surface area contributed by atoms with E-state index in [2.05, 4.69) is 32.2 Å². The van der Waals surface area contributed by atoms with E-state index >= 15 is 0 Å². The molecule has 10 nitrogen and oxygen atoms in total. The topological polar surface area (TPSA) is 113 Å². The third kappa shape index (κ3) is 3.19. The number of halogens is 2. The van der Waals surface area contributed by atoms with Crippen molar-refractivity contribution in [1.82, 2.24) is 34.5 Å². The lowest BCUT2D eigenvalue weighted by atomic mass is 10.1. The minimum absolute atomic E-state index is 0.00622. The second-order valence-electron chi connectivity index (χ2n) is 7.25. The molecule has 0 saturated carbocycles. The van der Waals surface area contributed by atoms with Gasteiger partial charge in [0.1, 0.15) is 29.9 Å². The third-order valence-corrected chi connectivity index (χ3v) is 5.83. The van der Waals surface area contributed by atoms with Crippen LogP contribution >= 0.6 is 23.2 Å². The summed E-state index contributed by atoms with van der Waals surface area (Å²) in [5.41, 5.74) is 1.71. The summed E-state index contributed by atoms with van der Waals surface area (Å²) in [5.74, 6) is 0. The highest BCUT2D eigenvalue weighted by Gasteiger charge is 2.54. The normalized spacial score (nSPS) is 29.0. The molecule has 0 aromatic carbocycles. The lowest BCUT2D eigenvalue weighted by molar-refractivity contribution is -0.0589. The molecule has 12 heteroatoms. The first kappa shape index (κ1) is 19.1. The number of fused-ring (bicyclic) bond motifs is 2. The molecule has 3 aromatic rings. The van der Waals surface area contributed by atoms with Crippen LogP contribution in [0, 0.1) is 0 Å². The van der Waals surface area contributed by atoms with Crippen LogP contribution in [0.4, 0.5) is 0 Å². The van der Waals surface area contributed by atoms with Gasteiger partial charge in [-0.1, -0.05) is 30.2 Å². The maximum Gasteiger partial charge on any atom is 0.225 e. The first-order chi connectivity index (χ1) is 14.1. The summed E-state index contributed by atoms with van der Waals surface area (Å²) in [6, 6.07) is -0.181. The summed E-state index contributed by atoms with van der Waals surface area (Å²) in [4.78, 5) is 12.3. The molecule has 0 amide bonds. The van der Waals surface area contributed by atoms with Crippen LogP contribution in [0.3, 0.4) is 0 Å². The number of unbranched alkanes of at least 4 members (excludes halogenated alkanes) is 1. The number of ether oxygens (including phenoxy) is 2. The second-order valence-corrected chi connectivity index (χ2v) is 7.94. The summed E-state index contributed by atoms with van der Waals surface area (Å²) < 4.78 is 15.4. The number of aryl methyl sites for hydroxylation is 1. The Hall–Kier alpha value is -1.85. The van der Waals surface area contributed by atoms with Crippen molar-refractivity contribution in [2.45, 2.75) is 56.8 Å². The van der Waals surface area contributed by atoms with Crippen molar-refractivity contribution in [3.8, 4) is 0 Å². The van der Waals surface area contributed by atoms with Gasteiger partial charge in [-0.05, 0) is 24.4 Å². The smallest absolute Gasteiger partial charge is 0.225 e. The molecule has 0 aliphatic carbocycles. The highest BCUT2D eigenvalue weighted by atomic mass is 35.5. The molecule has 5 atom stereocenters. The molecular formula is C17H19Cl2N7O3. The molecular weight excluding hydrogens is 421 g/mol. The molecule has 29 heavy (non-hydrogen) atoms. The van der Waals surface area contributed by atoms with Crippen molar-refractivity contribution in [2.24, 2.45) is 0 Å². The van der Waals surface area contributed by atoms with Crippen LogP contribution in [0.1, 0.15) is 37.7 Å². The van der Waals surface area contributed by atoms with Gasteiger partial charge >= 0.3 is 0 Å². The number of aliphatic hydroxyl groups excluding tert-OH is 1. The average Bonchev–Trinajstić information content (AvgIpc) is 3.44. The third-order valence-electron chi connectivity index (χ3n) is 5.40. The van der Waals surface area contributed by atoms with Crippen LogP contribution in [0.25, 0.3) is 11.2 Å². The van der Waals surface area contributed by atoms with Crippen molar-refractivity contribution in [3.05, 3.63) is 28.7 Å². The number of aromatic nitrogens is 7. The van der Waals surface area contributed by atoms with E-state index in [1.165, 1.54) is 6.33 Å². The van der Waals surface area contributed by atoms with Gasteiger partial charge in [-0.3, -0.25) is 4.57 Å². The van der Waals surface area contributed by atoms with E-state index in [0.717, 1.165) is 25.0 Å². The van der Waals surface area contributed by atoms with E-state index in [0.29, 0.717) is 17.8 Å². The monoisotopic (exact) mass is 439 g/mol. The predicted octanol–water partition coefficient (Wildman–Crippen LogP) is 1.97. The highest BCUT2D eigenvalue weighted by molar-refractivity contribution is 6.35. The predicted molar refractivity (Wildman–Crippen MR) is 103 cm³/mol. The van der Waals surface area contributed by atoms with E-state index in [-0.39, 0.29) is 22.6 Å². The quantitative estimate of drug-likeness (QED) is 0.473. The van der Waals surface area contributed by atoms with Gasteiger partial charge in [0, 0.05) is 6.20 Å². The van der Waals surface area contributed by atoms with E-state index in [1.807, 2.05) is 6.20 Å². The first-order valence-electron chi connectivity index (χ1n) is 9.48. The number of aliphatic hydroxyl groups is 1. The Morgan fingerprint density at radius 3 is 2.97 bits per heavy atom. The molecule has 2 aliphatic heterocycles. The number of rotatable bonds is 5. The molecule has 2 saturated heterocycles. The average molecular weight is 440 g/mol. The zero-order valence-electron chi connectivity index (χ0n) is 15.5. The Balaban J connectivity index is 1.42. The maximum absolute atomic E-state index is 10.9. The van der Waals surface area contributed by atoms with Crippen molar-refractivity contribution in [2.75, 3.05) is 6.61 Å². The Morgan fingerprint density at radius 1 is 1.28 bits per heavy atom. The lowest BCUT2D eigenvalue weighted by Gasteiger charge is -2.20. The Bertz CT molecular complexity index is 1040. The van der Waals surface area contributed by atoms with Crippen LogP contribution < -0.4 is 0 Å². The fraction of sp³-hybridized carbons (Fsp3) is 0.588. The maximum atomic E-state index is 10.9. The molecule has 0 bridgehead atoms. The summed E-state index contributed by atoms with van der Waals surface area (Å²) in [6.45, 7) is 2.53. The molecule has 0 spiro atoms. The second kappa shape index (κ2) is 7.44. The number of nitrogens with zero attached hydrogens (tertiary/aromatic N) is 7. The molecule has 0 radical (unpaired) electrons. The first-order valence-corrected chi connectivity index (χ1v) is 10.2. The van der Waals surface area contributed by atoms with Crippen molar-refractivity contribution in [3.63, 3.8) is 0 Å². The van der Waals surface area contributed by atoms with Crippen LogP contribution in [0.5, 0.6) is 0 Å². The highest BCUT2D eigenvalue weighted by Crippen LogP contribution is 2.42. The Morgan fingerprint density at radius 2 is 2.14 bits per heavy atom. The lowest BCUT2D eigenvalue weighted by Crippen LogP contribution is -2.31. The summed E-state index contributed by atoms with van der Waals surface area (Å²) in [6.07, 6.45) is 3.91. The molecule has 2 aliphatic rings. The minimum atomic E-state index is -0.919. The zero-order chi connectivity index (χ0) is 20.1. The minimum Gasteiger partial charge on any atom is -0.386 e. The molecule has 5 rings (SSSR count). The summed E-state index contributed by atoms with van der Waals surface area (Å²) in [5, 5.41) is 19.5. The SMILES string of the molecule is CCCCc1cn([C@H]2COC3C2O[C@@H](n2cnc4c(Cl)nc(Cl)nc42)[C@@H]3O)nn1. The van der Waals surface area contributed by atoms with Gasteiger partial charge < -0.3 is 14.6 Å². The fourth-order valence-corrected chi connectivity index (χ4v) is 4.35. The number of hydrogen-bond acceptors (Lipinski definition) is 8. The van der Waals surface area contributed by atoms with Gasteiger partial charge in [-0.15, -0.1) is 5.10 Å². The molecule has 5 heterocycles. The van der Waals surface area contributed by atoms with Crippen LogP contribution in [0.2, 0.25) is 10.4 Å². The van der Waals surface area contributed by atoms with Crippen molar-refractivity contribution in [1.29, 1.82) is 0 Å². The van der Waals surface area contributed by atoms with Gasteiger partial charge in [-0.2, -0.15) is 4.98 Å². The largest absolute Gasteiger partial charge is 0.386 e. The van der Waals surface area contributed by atoms with Crippen LogP contribution in [-0.4, -0.2) is 64.5 Å². The van der Waals surface area contributed by atoms with Crippen molar-refractivity contribution < 1.29 is 14.6 Å². The standard InChI is InChI=1S/C17H19Cl2N7O3/c1-2-3-4-8-5-26(24-23-8)9-6-28-13-11(27)16(29-12(9)13)25-7-20-10-14(18)21-17(19)22-15(10)25/h5,7,9,11-13,16,27H,2-4,6H2,1H3/t9-,11+,12?,13?,16+/m0/s1. The van der Waals surface area contributed by atoms with Gasteiger partial charge in [0.05, 0.1) is 18.6 Å². The summed E-state index contributed by atoms with van der Waals surface area (Å²) >= 11 is 12.0. The number of imidazole rings is 1. The van der Waals surface area contributed by atoms with E-state index in [9.17, 15) is 5.11 Å². The number of hydrogen-bond donors (Lipinski definition) is 1. The van der Waals surface area contributed by atoms with E-state index in [4.69, 9.17) is 32.7 Å². The van der Waals surface area contributed by atoms with Gasteiger partial charge in [-0.25, -0.2) is 14.6 Å². The molecule has 2 fully saturated rings. The molecule has 2 unspecified atom stereocenters. The van der Waals surface area contributed by atoms with E-state index in [1.54, 1.807) is 9.25 Å². The van der Waals surface area contributed by atoms with Crippen molar-refractivity contribution >= 4 is 34.4 Å². The van der Waals surface area contributed by atoms with Gasteiger partial charge in [0.2, 0.25) is 5.28 Å². The molecule has 154 valence electrons. The van der Waals surface area contributed by atoms with Crippen LogP contribution in [-0.2, 0) is 15.9 Å². The summed E-state index contributed by atoms with van der Waals surface area (Å²) in [7, 11) is 0. The molecule has 1 N–H and O–H groups in total. The van der Waals surface area contributed by atoms with Gasteiger partial charge in [0.25, 0.3) is 0 Å². The van der Waals surface area contributed by atoms with Crippen LogP contribution in [0.15, 0.2) is 12.5 Å². The fourth-order valence-electron chi connectivity index (χ4n) is 3.93. The Labute approximate surface area is 175 Å².